The second kappa shape index (κ2) is 10.1. The topological polar surface area (TPSA) is 58.6 Å². The van der Waals surface area contributed by atoms with E-state index in [1.54, 1.807) is 25.1 Å². The highest BCUT2D eigenvalue weighted by Crippen LogP contribution is 2.27. The highest BCUT2D eigenvalue weighted by molar-refractivity contribution is 9.10. The second-order valence-corrected chi connectivity index (χ2v) is 9.11. The van der Waals surface area contributed by atoms with Crippen LogP contribution in [0, 0.1) is 0 Å². The summed E-state index contributed by atoms with van der Waals surface area (Å²) in [5.41, 5.74) is 0.534. The maximum Gasteiger partial charge on any atom is 0.261 e. The molecule has 0 bridgehead atoms. The van der Waals surface area contributed by atoms with Crippen molar-refractivity contribution in [3.8, 4) is 5.75 Å². The predicted molar refractivity (Wildman–Crippen MR) is 119 cm³/mol. The van der Waals surface area contributed by atoms with Crippen LogP contribution in [0.1, 0.15) is 33.3 Å². The molecule has 0 aliphatic carbocycles. The van der Waals surface area contributed by atoms with Crippen LogP contribution < -0.4 is 10.1 Å². The zero-order valence-corrected chi connectivity index (χ0v) is 19.4. The quantitative estimate of drug-likeness (QED) is 0.617. The number of hydrogen-bond donors (Lipinski definition) is 1. The summed E-state index contributed by atoms with van der Waals surface area (Å²) in [4.78, 5) is 27.2. The van der Waals surface area contributed by atoms with Gasteiger partial charge in [-0.15, -0.1) is 0 Å². The largest absolute Gasteiger partial charge is 0.482 e. The Hall–Kier alpha value is -2.05. The van der Waals surface area contributed by atoms with Gasteiger partial charge in [0.2, 0.25) is 5.91 Å². The van der Waals surface area contributed by atoms with E-state index in [0.717, 1.165) is 10.0 Å². The molecule has 2 aromatic rings. The highest BCUT2D eigenvalue weighted by atomic mass is 79.9. The number of amides is 2. The maximum absolute atomic E-state index is 13.0. The molecule has 7 heteroatoms. The number of carbonyl (C=O) groups is 2. The lowest BCUT2D eigenvalue weighted by Gasteiger charge is -2.31. The summed E-state index contributed by atoms with van der Waals surface area (Å²) in [6.45, 7) is 7.50. The van der Waals surface area contributed by atoms with Crippen LogP contribution in [0.5, 0.6) is 5.75 Å². The van der Waals surface area contributed by atoms with Gasteiger partial charge in [0.1, 0.15) is 11.8 Å². The van der Waals surface area contributed by atoms with Crippen molar-refractivity contribution in [1.29, 1.82) is 0 Å². The standard InChI is InChI=1S/C22H26BrClN2O3/c1-15(21(28)25-22(2,3)4)26(13-16-8-6-5-7-9-16)20(27)14-29-19-11-10-17(23)12-18(19)24/h5-12,15H,13-14H2,1-4H3,(H,25,28)/t15-/m1/s1. The Balaban J connectivity index is 2.16. The maximum atomic E-state index is 13.0. The molecule has 1 atom stereocenters. The van der Waals surface area contributed by atoms with Crippen molar-refractivity contribution in [3.05, 3.63) is 63.6 Å². The van der Waals surface area contributed by atoms with Crippen LogP contribution >= 0.6 is 27.5 Å². The third-order valence-corrected chi connectivity index (χ3v) is 4.89. The van der Waals surface area contributed by atoms with Crippen molar-refractivity contribution in [2.24, 2.45) is 0 Å². The molecule has 0 aromatic heterocycles. The fourth-order valence-electron chi connectivity index (χ4n) is 2.65. The summed E-state index contributed by atoms with van der Waals surface area (Å²) in [5, 5.41) is 3.33. The lowest BCUT2D eigenvalue weighted by atomic mass is 10.1. The normalized spacial score (nSPS) is 12.2. The zero-order valence-electron chi connectivity index (χ0n) is 17.0. The molecule has 0 aliphatic rings. The molecule has 0 unspecified atom stereocenters. The Morgan fingerprint density at radius 2 is 1.83 bits per heavy atom. The Morgan fingerprint density at radius 3 is 2.41 bits per heavy atom. The van der Waals surface area contributed by atoms with Crippen LogP contribution in [0.25, 0.3) is 0 Å². The number of halogens is 2. The van der Waals surface area contributed by atoms with E-state index >= 15 is 0 Å². The third kappa shape index (κ3) is 7.37. The van der Waals surface area contributed by atoms with Gasteiger partial charge in [-0.05, 0) is 51.5 Å². The molecule has 2 aromatic carbocycles. The Bertz CT molecular complexity index is 853. The monoisotopic (exact) mass is 480 g/mol. The lowest BCUT2D eigenvalue weighted by Crippen LogP contribution is -2.53. The first-order chi connectivity index (χ1) is 13.6. The summed E-state index contributed by atoms with van der Waals surface area (Å²) in [6.07, 6.45) is 0. The average Bonchev–Trinajstić information content (AvgIpc) is 2.64. The van der Waals surface area contributed by atoms with Gasteiger partial charge >= 0.3 is 0 Å². The minimum absolute atomic E-state index is 0.219. The van der Waals surface area contributed by atoms with Crippen LogP contribution in [0.4, 0.5) is 0 Å². The molecule has 0 radical (unpaired) electrons. The van der Waals surface area contributed by atoms with Crippen molar-refractivity contribution in [3.63, 3.8) is 0 Å². The molecule has 0 heterocycles. The molecule has 5 nitrogen and oxygen atoms in total. The number of ether oxygens (including phenoxy) is 1. The van der Waals surface area contributed by atoms with Gasteiger partial charge in [0.05, 0.1) is 5.02 Å². The molecule has 0 aliphatic heterocycles. The number of hydrogen-bond acceptors (Lipinski definition) is 3. The van der Waals surface area contributed by atoms with E-state index in [2.05, 4.69) is 21.2 Å². The van der Waals surface area contributed by atoms with Crippen LogP contribution in [0.15, 0.2) is 53.0 Å². The minimum Gasteiger partial charge on any atom is -0.482 e. The molecule has 1 N–H and O–H groups in total. The van der Waals surface area contributed by atoms with Crippen LogP contribution in [-0.2, 0) is 16.1 Å². The summed E-state index contributed by atoms with van der Waals surface area (Å²) < 4.78 is 6.45. The molecule has 2 rings (SSSR count). The zero-order chi connectivity index (χ0) is 21.6. The van der Waals surface area contributed by atoms with Crippen LogP contribution in [-0.4, -0.2) is 34.9 Å². The highest BCUT2D eigenvalue weighted by Gasteiger charge is 2.28. The Kier molecular flexibility index (Phi) is 8.11. The molecular weight excluding hydrogens is 456 g/mol. The summed E-state index contributed by atoms with van der Waals surface area (Å²) >= 11 is 9.50. The van der Waals surface area contributed by atoms with Gasteiger partial charge in [-0.2, -0.15) is 0 Å². The van der Waals surface area contributed by atoms with Crippen molar-refractivity contribution >= 4 is 39.3 Å². The Labute approximate surface area is 185 Å². The summed E-state index contributed by atoms with van der Waals surface area (Å²) in [5.74, 6) is -0.109. The van der Waals surface area contributed by atoms with E-state index < -0.39 is 11.6 Å². The van der Waals surface area contributed by atoms with E-state index in [-0.39, 0.29) is 18.4 Å². The molecule has 0 saturated heterocycles. The van der Waals surface area contributed by atoms with E-state index in [1.165, 1.54) is 4.90 Å². The van der Waals surface area contributed by atoms with Gasteiger partial charge in [-0.25, -0.2) is 0 Å². The van der Waals surface area contributed by atoms with E-state index in [0.29, 0.717) is 17.3 Å². The molecule has 156 valence electrons. The predicted octanol–water partition coefficient (Wildman–Crippen LogP) is 4.81. The number of nitrogens with one attached hydrogen (secondary N) is 1. The SMILES string of the molecule is C[C@H](C(=O)NC(C)(C)C)N(Cc1ccccc1)C(=O)COc1ccc(Br)cc1Cl. The van der Waals surface area contributed by atoms with Crippen LogP contribution in [0.3, 0.4) is 0 Å². The number of nitrogens with zero attached hydrogens (tertiary/aromatic N) is 1. The third-order valence-electron chi connectivity index (χ3n) is 4.11. The average molecular weight is 482 g/mol. The summed E-state index contributed by atoms with van der Waals surface area (Å²) in [7, 11) is 0. The van der Waals surface area contributed by atoms with Crippen LogP contribution in [0.2, 0.25) is 5.02 Å². The van der Waals surface area contributed by atoms with E-state index in [9.17, 15) is 9.59 Å². The molecule has 0 fully saturated rings. The van der Waals surface area contributed by atoms with Gasteiger partial charge < -0.3 is 15.0 Å². The van der Waals surface area contributed by atoms with Crippen molar-refractivity contribution in [1.82, 2.24) is 10.2 Å². The fraction of sp³-hybridized carbons (Fsp3) is 0.364. The van der Waals surface area contributed by atoms with Gasteiger partial charge in [0.15, 0.2) is 6.61 Å². The molecule has 29 heavy (non-hydrogen) atoms. The van der Waals surface area contributed by atoms with Crippen molar-refractivity contribution in [2.45, 2.75) is 45.8 Å². The molecular formula is C22H26BrClN2O3. The molecule has 2 amide bonds. The van der Waals surface area contributed by atoms with Crippen molar-refractivity contribution < 1.29 is 14.3 Å². The van der Waals surface area contributed by atoms with Gasteiger partial charge in [0.25, 0.3) is 5.91 Å². The first-order valence-electron chi connectivity index (χ1n) is 9.30. The smallest absolute Gasteiger partial charge is 0.261 e. The molecule has 0 saturated carbocycles. The first-order valence-corrected chi connectivity index (χ1v) is 10.5. The van der Waals surface area contributed by atoms with Crippen molar-refractivity contribution in [2.75, 3.05) is 6.61 Å². The first kappa shape index (κ1) is 23.2. The number of carbonyl (C=O) groups excluding carboxylic acids is 2. The van der Waals surface area contributed by atoms with E-state index in [4.69, 9.17) is 16.3 Å². The minimum atomic E-state index is -0.661. The number of benzene rings is 2. The molecule has 0 spiro atoms. The fourth-order valence-corrected chi connectivity index (χ4v) is 3.38. The lowest BCUT2D eigenvalue weighted by molar-refractivity contribution is -0.142. The second-order valence-electron chi connectivity index (χ2n) is 7.79. The number of rotatable bonds is 7. The summed E-state index contributed by atoms with van der Waals surface area (Å²) in [6, 6.07) is 14.1. The van der Waals surface area contributed by atoms with Gasteiger partial charge in [0, 0.05) is 16.6 Å². The van der Waals surface area contributed by atoms with E-state index in [1.807, 2.05) is 51.1 Å². The Morgan fingerprint density at radius 1 is 1.17 bits per heavy atom. The van der Waals surface area contributed by atoms with Gasteiger partial charge in [-0.1, -0.05) is 57.9 Å². The van der Waals surface area contributed by atoms with Gasteiger partial charge in [-0.3, -0.25) is 9.59 Å².